The maximum atomic E-state index is 13.1. The number of rotatable bonds is 7. The van der Waals surface area contributed by atoms with Gasteiger partial charge in [0.1, 0.15) is 16.4 Å². The maximum Gasteiger partial charge on any atom is 0.316 e. The minimum Gasteiger partial charge on any atom is -0.497 e. The minimum absolute atomic E-state index is 0.0539. The molecule has 0 unspecified atom stereocenters. The molecule has 1 fully saturated rings. The van der Waals surface area contributed by atoms with Gasteiger partial charge in [0, 0.05) is 24.0 Å². The lowest BCUT2D eigenvalue weighted by Gasteiger charge is -2.25. The lowest BCUT2D eigenvalue weighted by atomic mass is 10.3. The average Bonchev–Trinajstić information content (AvgIpc) is 3.46. The number of hydrogen-bond donors (Lipinski definition) is 1. The highest BCUT2D eigenvalue weighted by molar-refractivity contribution is 7.93. The van der Waals surface area contributed by atoms with Gasteiger partial charge >= 0.3 is 11.8 Å². The van der Waals surface area contributed by atoms with Crippen LogP contribution in [-0.4, -0.2) is 69.9 Å². The lowest BCUT2D eigenvalue weighted by molar-refractivity contribution is 0.0272. The summed E-state index contributed by atoms with van der Waals surface area (Å²) in [5, 5.41) is 3.87. The number of nitrogens with zero attached hydrogens (tertiary/aromatic N) is 3. The molecule has 4 rings (SSSR count). The number of sulfonamides is 1. The van der Waals surface area contributed by atoms with Crippen molar-refractivity contribution in [2.45, 2.75) is 11.8 Å². The number of aromatic nitrogens is 2. The SMILES string of the molecule is COc1ccc(OC)c(NS(=O)(=O)c2cc(-c3noc(C(=O)N4CCOCC4)n3)sc2C)c1. The summed E-state index contributed by atoms with van der Waals surface area (Å²) in [7, 11) is -1.04. The van der Waals surface area contributed by atoms with Crippen molar-refractivity contribution >= 4 is 33.0 Å². The topological polar surface area (TPSA) is 133 Å². The van der Waals surface area contributed by atoms with Crippen molar-refractivity contribution in [1.82, 2.24) is 15.0 Å². The molecule has 1 saturated heterocycles. The van der Waals surface area contributed by atoms with Crippen molar-refractivity contribution in [3.63, 3.8) is 0 Å². The number of carbonyl (C=O) groups excluding carboxylic acids is 1. The molecule has 3 aromatic rings. The second-order valence-corrected chi connectivity index (χ2v) is 9.94. The standard InChI is InChI=1S/C20H22N4O7S2/c1-12-17(33(26,27)23-14-10-13(28-2)4-5-15(14)29-3)11-16(32-12)18-21-19(31-22-18)20(25)24-6-8-30-9-7-24/h4-5,10-11,23H,6-9H2,1-3H3. The summed E-state index contributed by atoms with van der Waals surface area (Å²) < 4.78 is 49.6. The van der Waals surface area contributed by atoms with Gasteiger partial charge in [-0.1, -0.05) is 5.16 Å². The van der Waals surface area contributed by atoms with Crippen molar-refractivity contribution in [3.05, 3.63) is 35.0 Å². The molecule has 0 saturated carbocycles. The molecule has 13 heteroatoms. The van der Waals surface area contributed by atoms with Crippen molar-refractivity contribution in [3.8, 4) is 22.2 Å². The van der Waals surface area contributed by atoms with Gasteiger partial charge in [-0.3, -0.25) is 9.52 Å². The third kappa shape index (κ3) is 4.79. The Balaban J connectivity index is 1.59. The lowest BCUT2D eigenvalue weighted by Crippen LogP contribution is -2.40. The number of anilines is 1. The molecule has 1 N–H and O–H groups in total. The van der Waals surface area contributed by atoms with Crippen molar-refractivity contribution in [2.24, 2.45) is 0 Å². The van der Waals surface area contributed by atoms with E-state index in [4.69, 9.17) is 18.7 Å². The molecule has 0 radical (unpaired) electrons. The maximum absolute atomic E-state index is 13.1. The Bertz CT molecular complexity index is 1260. The molecule has 1 aromatic carbocycles. The minimum atomic E-state index is -3.97. The van der Waals surface area contributed by atoms with E-state index in [-0.39, 0.29) is 28.2 Å². The third-order valence-corrected chi connectivity index (χ3v) is 7.61. The first-order chi connectivity index (χ1) is 15.8. The van der Waals surface area contributed by atoms with E-state index in [9.17, 15) is 13.2 Å². The van der Waals surface area contributed by atoms with Gasteiger partial charge in [0.2, 0.25) is 5.82 Å². The smallest absolute Gasteiger partial charge is 0.316 e. The van der Waals surface area contributed by atoms with Crippen LogP contribution in [-0.2, 0) is 14.8 Å². The number of morpholine rings is 1. The van der Waals surface area contributed by atoms with Crippen LogP contribution in [0.15, 0.2) is 33.7 Å². The number of thiophene rings is 1. The van der Waals surface area contributed by atoms with Crippen molar-refractivity contribution in [1.29, 1.82) is 0 Å². The number of methoxy groups -OCH3 is 2. The zero-order valence-electron chi connectivity index (χ0n) is 18.2. The predicted molar refractivity (Wildman–Crippen MR) is 119 cm³/mol. The van der Waals surface area contributed by atoms with Crippen LogP contribution >= 0.6 is 11.3 Å². The average molecular weight is 495 g/mol. The van der Waals surface area contributed by atoms with Crippen LogP contribution in [0.3, 0.4) is 0 Å². The van der Waals surface area contributed by atoms with E-state index in [0.717, 1.165) is 0 Å². The molecule has 0 spiro atoms. The number of carbonyl (C=O) groups is 1. The molecular weight excluding hydrogens is 472 g/mol. The highest BCUT2D eigenvalue weighted by Gasteiger charge is 2.27. The van der Waals surface area contributed by atoms with Gasteiger partial charge in [0.05, 0.1) is 38.0 Å². The van der Waals surface area contributed by atoms with Gasteiger partial charge in [-0.15, -0.1) is 11.3 Å². The van der Waals surface area contributed by atoms with E-state index in [1.807, 2.05) is 0 Å². The van der Waals surface area contributed by atoms with E-state index in [2.05, 4.69) is 14.9 Å². The van der Waals surface area contributed by atoms with Gasteiger partial charge in [0.25, 0.3) is 10.0 Å². The van der Waals surface area contributed by atoms with Crippen LogP contribution in [0.25, 0.3) is 10.7 Å². The van der Waals surface area contributed by atoms with Crippen molar-refractivity contribution in [2.75, 3.05) is 45.2 Å². The quantitative estimate of drug-likeness (QED) is 0.525. The van der Waals surface area contributed by atoms with Gasteiger partial charge in [-0.2, -0.15) is 4.98 Å². The number of nitrogens with one attached hydrogen (secondary N) is 1. The van der Waals surface area contributed by atoms with Crippen molar-refractivity contribution < 1.29 is 31.9 Å². The zero-order chi connectivity index (χ0) is 23.6. The molecule has 1 amide bonds. The first-order valence-electron chi connectivity index (χ1n) is 9.89. The Hall–Kier alpha value is -3.16. The zero-order valence-corrected chi connectivity index (χ0v) is 19.8. The number of ether oxygens (including phenoxy) is 3. The molecule has 33 heavy (non-hydrogen) atoms. The highest BCUT2D eigenvalue weighted by Crippen LogP contribution is 2.35. The number of aryl methyl sites for hydroxylation is 1. The molecule has 0 aliphatic carbocycles. The third-order valence-electron chi connectivity index (χ3n) is 4.94. The normalized spacial score (nSPS) is 14.2. The molecular formula is C20H22N4O7S2. The Kier molecular flexibility index (Phi) is 6.54. The molecule has 176 valence electrons. The second kappa shape index (κ2) is 9.37. The molecule has 0 bridgehead atoms. The Morgan fingerprint density at radius 3 is 2.64 bits per heavy atom. The van der Waals surface area contributed by atoms with E-state index in [0.29, 0.717) is 47.6 Å². The molecule has 1 aliphatic rings. The predicted octanol–water partition coefficient (Wildman–Crippen LogP) is 2.40. The fraction of sp³-hybridized carbons (Fsp3) is 0.350. The highest BCUT2D eigenvalue weighted by atomic mass is 32.2. The molecule has 3 heterocycles. The molecule has 1 aliphatic heterocycles. The van der Waals surface area contributed by atoms with Gasteiger partial charge < -0.3 is 23.6 Å². The van der Waals surface area contributed by atoms with Crippen LogP contribution in [0.1, 0.15) is 15.6 Å². The van der Waals surface area contributed by atoms with E-state index in [1.54, 1.807) is 24.0 Å². The van der Waals surface area contributed by atoms with Gasteiger partial charge in [0.15, 0.2) is 0 Å². The largest absolute Gasteiger partial charge is 0.497 e. The Morgan fingerprint density at radius 1 is 1.18 bits per heavy atom. The summed E-state index contributed by atoms with van der Waals surface area (Å²) in [4.78, 5) is 19.3. The number of hydrogen-bond acceptors (Lipinski definition) is 10. The summed E-state index contributed by atoms with van der Waals surface area (Å²) >= 11 is 1.18. The summed E-state index contributed by atoms with van der Waals surface area (Å²) in [6.45, 7) is 3.45. The van der Waals surface area contributed by atoms with Gasteiger partial charge in [-0.25, -0.2) is 8.42 Å². The molecule has 0 atom stereocenters. The van der Waals surface area contributed by atoms with Crippen LogP contribution in [0.4, 0.5) is 5.69 Å². The summed E-state index contributed by atoms with van der Waals surface area (Å²) in [5.41, 5.74) is 0.238. The molecule has 11 nitrogen and oxygen atoms in total. The Labute approximate surface area is 194 Å². The van der Waals surface area contributed by atoms with Gasteiger partial charge in [-0.05, 0) is 25.1 Å². The summed E-state index contributed by atoms with van der Waals surface area (Å²) in [5.74, 6) is 0.420. The first kappa shape index (κ1) is 23.0. The number of amides is 1. The van der Waals surface area contributed by atoms with E-state index in [1.165, 1.54) is 37.7 Å². The summed E-state index contributed by atoms with van der Waals surface area (Å²) in [6.07, 6.45) is 0. The number of benzene rings is 1. The fourth-order valence-electron chi connectivity index (χ4n) is 3.25. The van der Waals surface area contributed by atoms with E-state index < -0.39 is 10.0 Å². The first-order valence-corrected chi connectivity index (χ1v) is 12.2. The van der Waals surface area contributed by atoms with Crippen LogP contribution < -0.4 is 14.2 Å². The Morgan fingerprint density at radius 2 is 1.94 bits per heavy atom. The second-order valence-electron chi connectivity index (χ2n) is 7.03. The monoisotopic (exact) mass is 494 g/mol. The summed E-state index contributed by atoms with van der Waals surface area (Å²) in [6, 6.07) is 6.25. The van der Waals surface area contributed by atoms with Crippen LogP contribution in [0, 0.1) is 6.92 Å². The van der Waals surface area contributed by atoms with Crippen LogP contribution in [0.2, 0.25) is 0 Å². The van der Waals surface area contributed by atoms with E-state index >= 15 is 0 Å². The van der Waals surface area contributed by atoms with Crippen LogP contribution in [0.5, 0.6) is 11.5 Å². The molecule has 2 aromatic heterocycles. The fourth-order valence-corrected chi connectivity index (χ4v) is 5.83.